The summed E-state index contributed by atoms with van der Waals surface area (Å²) in [6.45, 7) is 2.52. The second-order valence-corrected chi connectivity index (χ2v) is 8.32. The molecule has 0 radical (unpaired) electrons. The van der Waals surface area contributed by atoms with Gasteiger partial charge in [-0.3, -0.25) is 9.97 Å². The van der Waals surface area contributed by atoms with Gasteiger partial charge in [-0.1, -0.05) is 19.3 Å². The lowest BCUT2D eigenvalue weighted by molar-refractivity contribution is 0.369. The summed E-state index contributed by atoms with van der Waals surface area (Å²) in [5, 5.41) is -0.190. The largest absolute Gasteiger partial charge is 0.261 e. The van der Waals surface area contributed by atoms with Crippen LogP contribution in [0, 0.1) is 6.92 Å². The van der Waals surface area contributed by atoms with Gasteiger partial charge in [-0.2, -0.15) is 4.31 Å². The van der Waals surface area contributed by atoms with Gasteiger partial charge >= 0.3 is 0 Å². The number of hydrogen-bond acceptors (Lipinski definition) is 4. The van der Waals surface area contributed by atoms with Gasteiger partial charge in [0.25, 0.3) is 0 Å². The molecule has 6 heteroatoms. The van der Waals surface area contributed by atoms with Crippen molar-refractivity contribution in [3.8, 4) is 0 Å². The van der Waals surface area contributed by atoms with Crippen LogP contribution in [-0.2, 0) is 10.0 Å². The van der Waals surface area contributed by atoms with Crippen LogP contribution in [0.3, 0.4) is 0 Å². The Labute approximate surface area is 126 Å². The minimum absolute atomic E-state index is 0.121. The lowest BCUT2D eigenvalue weighted by Gasteiger charge is -2.30. The Kier molecular flexibility index (Phi) is 4.26. The van der Waals surface area contributed by atoms with Crippen LogP contribution < -0.4 is 0 Å². The highest BCUT2D eigenvalue weighted by Crippen LogP contribution is 2.37. The summed E-state index contributed by atoms with van der Waals surface area (Å²) in [6, 6.07) is -0.121. The highest BCUT2D eigenvalue weighted by Gasteiger charge is 2.40. The van der Waals surface area contributed by atoms with E-state index in [0.29, 0.717) is 6.54 Å². The van der Waals surface area contributed by atoms with Crippen LogP contribution in [0.25, 0.3) is 0 Å². The summed E-state index contributed by atoms with van der Waals surface area (Å²) in [6.07, 6.45) is 10.0. The van der Waals surface area contributed by atoms with Crippen LogP contribution in [0.5, 0.6) is 0 Å². The van der Waals surface area contributed by atoms with Gasteiger partial charge in [0.2, 0.25) is 10.0 Å². The molecular formula is C15H23N3O2S. The molecule has 21 heavy (non-hydrogen) atoms. The van der Waals surface area contributed by atoms with E-state index in [1.54, 1.807) is 16.7 Å². The summed E-state index contributed by atoms with van der Waals surface area (Å²) in [4.78, 5) is 8.67. The minimum Gasteiger partial charge on any atom is -0.261 e. The van der Waals surface area contributed by atoms with Crippen molar-refractivity contribution in [2.75, 3.05) is 6.54 Å². The minimum atomic E-state index is -3.21. The smallest absolute Gasteiger partial charge is 0.217 e. The van der Waals surface area contributed by atoms with Crippen molar-refractivity contribution in [2.45, 2.75) is 63.2 Å². The molecule has 1 aromatic heterocycles. The van der Waals surface area contributed by atoms with Crippen molar-refractivity contribution in [2.24, 2.45) is 0 Å². The van der Waals surface area contributed by atoms with Gasteiger partial charge in [-0.25, -0.2) is 8.42 Å². The molecule has 1 aromatic rings. The third kappa shape index (κ3) is 2.97. The number of rotatable bonds is 3. The predicted molar refractivity (Wildman–Crippen MR) is 81.2 cm³/mol. The fourth-order valence-electron chi connectivity index (χ4n) is 3.54. The molecule has 1 saturated carbocycles. The zero-order valence-corrected chi connectivity index (χ0v) is 13.3. The molecule has 1 aliphatic carbocycles. The average molecular weight is 309 g/mol. The van der Waals surface area contributed by atoms with Crippen LogP contribution in [-0.4, -0.2) is 34.5 Å². The SMILES string of the molecule is Cc1cncc([C@@H]2CCCN2S(=O)(=O)C2CCCCC2)n1. The van der Waals surface area contributed by atoms with Crippen molar-refractivity contribution in [3.05, 3.63) is 23.8 Å². The summed E-state index contributed by atoms with van der Waals surface area (Å²) >= 11 is 0. The molecule has 0 N–H and O–H groups in total. The van der Waals surface area contributed by atoms with Crippen LogP contribution in [0.4, 0.5) is 0 Å². The van der Waals surface area contributed by atoms with E-state index >= 15 is 0 Å². The number of hydrogen-bond donors (Lipinski definition) is 0. The van der Waals surface area contributed by atoms with Crippen LogP contribution in [0.15, 0.2) is 12.4 Å². The molecule has 1 saturated heterocycles. The maximum Gasteiger partial charge on any atom is 0.217 e. The van der Waals surface area contributed by atoms with E-state index in [1.807, 2.05) is 6.92 Å². The van der Waals surface area contributed by atoms with Crippen molar-refractivity contribution in [1.82, 2.24) is 14.3 Å². The fraction of sp³-hybridized carbons (Fsp3) is 0.733. The van der Waals surface area contributed by atoms with E-state index in [-0.39, 0.29) is 11.3 Å². The monoisotopic (exact) mass is 309 g/mol. The Hall–Kier alpha value is -1.01. The Morgan fingerprint density at radius 2 is 1.86 bits per heavy atom. The van der Waals surface area contributed by atoms with Crippen LogP contribution in [0.2, 0.25) is 0 Å². The summed E-state index contributed by atoms with van der Waals surface area (Å²) in [5.41, 5.74) is 1.64. The molecule has 3 rings (SSSR count). The highest BCUT2D eigenvalue weighted by atomic mass is 32.2. The molecule has 0 unspecified atom stereocenters. The topological polar surface area (TPSA) is 63.2 Å². The van der Waals surface area contributed by atoms with Gasteiger partial charge in [-0.05, 0) is 32.6 Å². The molecule has 0 bridgehead atoms. The normalized spacial score (nSPS) is 25.3. The Balaban J connectivity index is 1.86. The van der Waals surface area contributed by atoms with Gasteiger partial charge in [-0.15, -0.1) is 0 Å². The first kappa shape index (κ1) is 14.9. The molecule has 2 heterocycles. The third-order valence-corrected chi connectivity index (χ3v) is 7.02. The van der Waals surface area contributed by atoms with Crippen LogP contribution in [0.1, 0.15) is 62.4 Å². The van der Waals surface area contributed by atoms with Crippen molar-refractivity contribution in [1.29, 1.82) is 0 Å². The zero-order chi connectivity index (χ0) is 14.9. The summed E-state index contributed by atoms with van der Waals surface area (Å²) in [7, 11) is -3.21. The molecule has 1 atom stereocenters. The molecular weight excluding hydrogens is 286 g/mol. The lowest BCUT2D eigenvalue weighted by atomic mass is 10.0. The van der Waals surface area contributed by atoms with E-state index in [0.717, 1.165) is 49.9 Å². The van der Waals surface area contributed by atoms with Crippen LogP contribution >= 0.6 is 0 Å². The first-order valence-electron chi connectivity index (χ1n) is 7.88. The summed E-state index contributed by atoms with van der Waals surface area (Å²) in [5.74, 6) is 0. The number of aromatic nitrogens is 2. The molecule has 1 aliphatic heterocycles. The third-order valence-electron chi connectivity index (χ3n) is 4.62. The van der Waals surface area contributed by atoms with Crippen molar-refractivity contribution >= 4 is 10.0 Å². The molecule has 0 amide bonds. The second kappa shape index (κ2) is 6.01. The van der Waals surface area contributed by atoms with E-state index in [4.69, 9.17) is 0 Å². The molecule has 2 fully saturated rings. The van der Waals surface area contributed by atoms with E-state index < -0.39 is 10.0 Å². The standard InChI is InChI=1S/C15H23N3O2S/c1-12-10-16-11-14(17-12)15-8-5-9-18(15)21(19,20)13-6-3-2-4-7-13/h10-11,13,15H,2-9H2,1H3/t15-/m0/s1. The zero-order valence-electron chi connectivity index (χ0n) is 12.5. The van der Waals surface area contributed by atoms with E-state index in [2.05, 4.69) is 9.97 Å². The first-order chi connectivity index (χ1) is 10.1. The fourth-order valence-corrected chi connectivity index (χ4v) is 5.80. The van der Waals surface area contributed by atoms with E-state index in [1.165, 1.54) is 6.42 Å². The number of nitrogens with zero attached hydrogens (tertiary/aromatic N) is 3. The van der Waals surface area contributed by atoms with Crippen molar-refractivity contribution < 1.29 is 8.42 Å². The molecule has 0 aromatic carbocycles. The quantitative estimate of drug-likeness (QED) is 0.861. The van der Waals surface area contributed by atoms with Gasteiger partial charge in [0.15, 0.2) is 0 Å². The number of sulfonamides is 1. The highest BCUT2D eigenvalue weighted by molar-refractivity contribution is 7.89. The predicted octanol–water partition coefficient (Wildman–Crippen LogP) is 2.58. The number of aryl methyl sites for hydroxylation is 1. The molecule has 2 aliphatic rings. The lowest BCUT2D eigenvalue weighted by Crippen LogP contribution is -2.39. The second-order valence-electron chi connectivity index (χ2n) is 6.16. The maximum atomic E-state index is 12.9. The van der Waals surface area contributed by atoms with Crippen molar-refractivity contribution in [3.63, 3.8) is 0 Å². The Morgan fingerprint density at radius 3 is 2.57 bits per heavy atom. The molecule has 5 nitrogen and oxygen atoms in total. The maximum absolute atomic E-state index is 12.9. The van der Waals surface area contributed by atoms with E-state index in [9.17, 15) is 8.42 Å². The first-order valence-corrected chi connectivity index (χ1v) is 9.38. The van der Waals surface area contributed by atoms with Gasteiger partial charge < -0.3 is 0 Å². The summed E-state index contributed by atoms with van der Waals surface area (Å²) < 4.78 is 27.6. The average Bonchev–Trinajstić information content (AvgIpc) is 2.98. The molecule has 0 spiro atoms. The Morgan fingerprint density at radius 1 is 1.10 bits per heavy atom. The Bertz CT molecular complexity index is 597. The van der Waals surface area contributed by atoms with Gasteiger partial charge in [0.05, 0.1) is 28.9 Å². The van der Waals surface area contributed by atoms with Gasteiger partial charge in [0.1, 0.15) is 0 Å². The molecule has 116 valence electrons. The van der Waals surface area contributed by atoms with Gasteiger partial charge in [0, 0.05) is 12.7 Å².